The first kappa shape index (κ1) is 11.6. The van der Waals surface area contributed by atoms with Crippen LogP contribution in [0.15, 0.2) is 65.7 Å². The van der Waals surface area contributed by atoms with Gasteiger partial charge in [0.15, 0.2) is 0 Å². The Hall–Kier alpha value is -2.49. The molecule has 2 heterocycles. The van der Waals surface area contributed by atoms with E-state index in [-0.39, 0.29) is 0 Å². The highest BCUT2D eigenvalue weighted by Crippen LogP contribution is 2.10. The average Bonchev–Trinajstić information content (AvgIpc) is 3.09. The van der Waals surface area contributed by atoms with E-state index in [1.807, 2.05) is 41.3 Å². The highest BCUT2D eigenvalue weighted by Gasteiger charge is 2.00. The van der Waals surface area contributed by atoms with E-state index in [2.05, 4.69) is 22.5 Å². The van der Waals surface area contributed by atoms with Gasteiger partial charge >= 0.3 is 0 Å². The fraction of sp³-hybridized carbons (Fsp3) is 0.133. The first-order valence-electron chi connectivity index (χ1n) is 6.21. The maximum atomic E-state index is 5.03. The van der Waals surface area contributed by atoms with Crippen LogP contribution in [0.4, 0.5) is 5.69 Å². The molecule has 0 aliphatic carbocycles. The SMILES string of the molecule is c1ccc(Cn2cc(NCc3ccoc3)cn2)cc1. The van der Waals surface area contributed by atoms with Crippen molar-refractivity contribution in [2.45, 2.75) is 13.1 Å². The Bertz CT molecular complexity index is 614. The van der Waals surface area contributed by atoms with E-state index in [1.54, 1.807) is 12.5 Å². The lowest BCUT2D eigenvalue weighted by Crippen LogP contribution is -2.00. The van der Waals surface area contributed by atoms with Crippen LogP contribution in [0.5, 0.6) is 0 Å². The second-order valence-electron chi connectivity index (χ2n) is 4.40. The van der Waals surface area contributed by atoms with Gasteiger partial charge in [0.05, 0.1) is 31.0 Å². The van der Waals surface area contributed by atoms with E-state index in [4.69, 9.17) is 4.42 Å². The molecule has 0 atom stereocenters. The number of hydrogen-bond acceptors (Lipinski definition) is 3. The Labute approximate surface area is 111 Å². The van der Waals surface area contributed by atoms with Gasteiger partial charge in [-0.05, 0) is 11.6 Å². The summed E-state index contributed by atoms with van der Waals surface area (Å²) in [6.07, 6.45) is 7.26. The Morgan fingerprint density at radius 3 is 2.79 bits per heavy atom. The topological polar surface area (TPSA) is 43.0 Å². The van der Waals surface area contributed by atoms with Crippen LogP contribution >= 0.6 is 0 Å². The zero-order chi connectivity index (χ0) is 12.9. The number of benzene rings is 1. The van der Waals surface area contributed by atoms with Crippen LogP contribution in [0.2, 0.25) is 0 Å². The van der Waals surface area contributed by atoms with E-state index in [0.29, 0.717) is 0 Å². The molecule has 0 aliphatic heterocycles. The molecule has 1 N–H and O–H groups in total. The Morgan fingerprint density at radius 2 is 2.00 bits per heavy atom. The summed E-state index contributed by atoms with van der Waals surface area (Å²) in [6, 6.07) is 12.2. The zero-order valence-electron chi connectivity index (χ0n) is 10.5. The molecule has 3 aromatic rings. The van der Waals surface area contributed by atoms with Gasteiger partial charge in [-0.1, -0.05) is 30.3 Å². The molecule has 0 saturated heterocycles. The van der Waals surface area contributed by atoms with Crippen molar-refractivity contribution in [1.82, 2.24) is 9.78 Å². The lowest BCUT2D eigenvalue weighted by atomic mass is 10.2. The van der Waals surface area contributed by atoms with Crippen LogP contribution in [-0.2, 0) is 13.1 Å². The predicted molar refractivity (Wildman–Crippen MR) is 73.8 cm³/mol. The molecule has 0 unspecified atom stereocenters. The van der Waals surface area contributed by atoms with Gasteiger partial charge in [0.25, 0.3) is 0 Å². The van der Waals surface area contributed by atoms with Crippen LogP contribution in [0.3, 0.4) is 0 Å². The van der Waals surface area contributed by atoms with Gasteiger partial charge in [0.1, 0.15) is 0 Å². The molecular weight excluding hydrogens is 238 g/mol. The first-order chi connectivity index (χ1) is 9.40. The lowest BCUT2D eigenvalue weighted by molar-refractivity contribution is 0.564. The third kappa shape index (κ3) is 3.04. The van der Waals surface area contributed by atoms with Gasteiger partial charge in [-0.25, -0.2) is 0 Å². The summed E-state index contributed by atoms with van der Waals surface area (Å²) < 4.78 is 6.95. The summed E-state index contributed by atoms with van der Waals surface area (Å²) in [6.45, 7) is 1.53. The number of furan rings is 1. The second-order valence-corrected chi connectivity index (χ2v) is 4.40. The van der Waals surface area contributed by atoms with Crippen LogP contribution in [0.25, 0.3) is 0 Å². The van der Waals surface area contributed by atoms with E-state index >= 15 is 0 Å². The van der Waals surface area contributed by atoms with Crippen molar-refractivity contribution < 1.29 is 4.42 Å². The molecule has 0 aliphatic rings. The average molecular weight is 253 g/mol. The van der Waals surface area contributed by atoms with E-state index in [1.165, 1.54) is 5.56 Å². The molecule has 3 rings (SSSR count). The molecule has 0 fully saturated rings. The monoisotopic (exact) mass is 253 g/mol. The minimum Gasteiger partial charge on any atom is -0.472 e. The van der Waals surface area contributed by atoms with Crippen molar-refractivity contribution in [1.29, 1.82) is 0 Å². The normalized spacial score (nSPS) is 10.5. The van der Waals surface area contributed by atoms with Crippen LogP contribution < -0.4 is 5.32 Å². The molecule has 0 radical (unpaired) electrons. The Balaban J connectivity index is 1.60. The van der Waals surface area contributed by atoms with Crippen LogP contribution in [0.1, 0.15) is 11.1 Å². The van der Waals surface area contributed by atoms with Gasteiger partial charge in [0.2, 0.25) is 0 Å². The first-order valence-corrected chi connectivity index (χ1v) is 6.21. The molecule has 1 aromatic carbocycles. The molecule has 4 nitrogen and oxygen atoms in total. The third-order valence-corrected chi connectivity index (χ3v) is 2.90. The summed E-state index contributed by atoms with van der Waals surface area (Å²) in [5.41, 5.74) is 3.37. The van der Waals surface area contributed by atoms with E-state index in [0.717, 1.165) is 24.3 Å². The number of rotatable bonds is 5. The molecule has 0 bridgehead atoms. The molecule has 0 spiro atoms. The fourth-order valence-electron chi connectivity index (χ4n) is 1.91. The van der Waals surface area contributed by atoms with Crippen LogP contribution in [-0.4, -0.2) is 9.78 Å². The maximum absolute atomic E-state index is 5.03. The molecule has 0 amide bonds. The Kier molecular flexibility index (Phi) is 3.32. The van der Waals surface area contributed by atoms with Gasteiger partial charge in [0, 0.05) is 18.3 Å². The molecule has 4 heteroatoms. The molecule has 96 valence electrons. The predicted octanol–water partition coefficient (Wildman–Crippen LogP) is 3.14. The zero-order valence-corrected chi connectivity index (χ0v) is 10.5. The lowest BCUT2D eigenvalue weighted by Gasteiger charge is -2.01. The number of anilines is 1. The summed E-state index contributed by atoms with van der Waals surface area (Å²) in [4.78, 5) is 0. The minimum atomic E-state index is 0.744. The van der Waals surface area contributed by atoms with E-state index < -0.39 is 0 Å². The molecule has 2 aromatic heterocycles. The second kappa shape index (κ2) is 5.44. The van der Waals surface area contributed by atoms with Gasteiger partial charge < -0.3 is 9.73 Å². The van der Waals surface area contributed by atoms with Gasteiger partial charge in [-0.15, -0.1) is 0 Å². The van der Waals surface area contributed by atoms with Crippen molar-refractivity contribution in [2.75, 3.05) is 5.32 Å². The van der Waals surface area contributed by atoms with Crippen molar-refractivity contribution >= 4 is 5.69 Å². The van der Waals surface area contributed by atoms with Crippen molar-refractivity contribution in [3.8, 4) is 0 Å². The third-order valence-electron chi connectivity index (χ3n) is 2.90. The minimum absolute atomic E-state index is 0.744. The van der Waals surface area contributed by atoms with Crippen molar-refractivity contribution in [3.63, 3.8) is 0 Å². The van der Waals surface area contributed by atoms with Crippen molar-refractivity contribution in [2.24, 2.45) is 0 Å². The number of hydrogen-bond donors (Lipinski definition) is 1. The quantitative estimate of drug-likeness (QED) is 0.759. The summed E-state index contributed by atoms with van der Waals surface area (Å²) in [7, 11) is 0. The highest BCUT2D eigenvalue weighted by atomic mass is 16.3. The summed E-state index contributed by atoms with van der Waals surface area (Å²) in [5.74, 6) is 0. The number of aromatic nitrogens is 2. The number of nitrogens with one attached hydrogen (secondary N) is 1. The van der Waals surface area contributed by atoms with Gasteiger partial charge in [-0.2, -0.15) is 5.10 Å². The van der Waals surface area contributed by atoms with Crippen molar-refractivity contribution in [3.05, 3.63) is 72.4 Å². The largest absolute Gasteiger partial charge is 0.472 e. The Morgan fingerprint density at radius 1 is 1.11 bits per heavy atom. The molecule has 0 saturated carbocycles. The van der Waals surface area contributed by atoms with E-state index in [9.17, 15) is 0 Å². The summed E-state index contributed by atoms with van der Waals surface area (Å²) in [5, 5.41) is 7.65. The number of nitrogens with zero attached hydrogens (tertiary/aromatic N) is 2. The smallest absolute Gasteiger partial charge is 0.0952 e. The standard InChI is InChI=1S/C15H15N3O/c1-2-4-13(5-3-1)10-18-11-15(9-17-18)16-8-14-6-7-19-12-14/h1-7,9,11-12,16H,8,10H2. The van der Waals surface area contributed by atoms with Gasteiger partial charge in [-0.3, -0.25) is 4.68 Å². The summed E-state index contributed by atoms with van der Waals surface area (Å²) >= 11 is 0. The maximum Gasteiger partial charge on any atom is 0.0952 e. The molecular formula is C15H15N3O. The fourth-order valence-corrected chi connectivity index (χ4v) is 1.91. The molecule has 19 heavy (non-hydrogen) atoms. The highest BCUT2D eigenvalue weighted by molar-refractivity contribution is 5.39. The van der Waals surface area contributed by atoms with Crippen LogP contribution in [0, 0.1) is 0 Å².